The van der Waals surface area contributed by atoms with Crippen molar-refractivity contribution < 1.29 is 0 Å². The second-order valence-corrected chi connectivity index (χ2v) is 3.88. The van der Waals surface area contributed by atoms with Crippen molar-refractivity contribution in [2.75, 3.05) is 0 Å². The van der Waals surface area contributed by atoms with E-state index in [1.807, 2.05) is 24.4 Å². The van der Waals surface area contributed by atoms with Gasteiger partial charge < -0.3 is 0 Å². The first-order valence-electron chi connectivity index (χ1n) is 4.43. The minimum atomic E-state index is 0. The molecule has 2 aromatic rings. The van der Waals surface area contributed by atoms with Gasteiger partial charge in [0.15, 0.2) is 0 Å². The summed E-state index contributed by atoms with van der Waals surface area (Å²) in [7, 11) is 0. The summed E-state index contributed by atoms with van der Waals surface area (Å²) < 4.78 is 1.59. The predicted molar refractivity (Wildman–Crippen MR) is 67.4 cm³/mol. The van der Waals surface area contributed by atoms with Crippen molar-refractivity contribution in [1.82, 2.24) is 9.66 Å². The molecule has 0 aliphatic heterocycles. The Bertz CT molecular complexity index is 529. The Labute approximate surface area is 103 Å². The molecule has 0 aliphatic carbocycles. The lowest BCUT2D eigenvalue weighted by Gasteiger charge is -1.95. The van der Waals surface area contributed by atoms with Gasteiger partial charge in [0, 0.05) is 23.3 Å². The lowest BCUT2D eigenvalue weighted by Crippen LogP contribution is -2.09. The highest BCUT2D eigenvalue weighted by atomic mass is 35.5. The fourth-order valence-corrected chi connectivity index (χ4v) is 1.79. The lowest BCUT2D eigenvalue weighted by atomic mass is 10.3. The Hall–Kier alpha value is -1.46. The average molecular weight is 255 g/mol. The van der Waals surface area contributed by atoms with Crippen molar-refractivity contribution >= 4 is 30.0 Å². The Balaban J connectivity index is 0.00000128. The molecule has 0 saturated carbocycles. The van der Waals surface area contributed by atoms with E-state index in [2.05, 4.69) is 10.1 Å². The molecule has 0 atom stereocenters. The molecule has 0 aromatic carbocycles. The minimum absolute atomic E-state index is 0. The molecule has 6 heteroatoms. The van der Waals surface area contributed by atoms with Gasteiger partial charge in [0.05, 0.1) is 11.9 Å². The molecule has 1 N–H and O–H groups in total. The second-order valence-electron chi connectivity index (χ2n) is 3.02. The number of nitrogens with zero attached hydrogens (tertiary/aromatic N) is 3. The van der Waals surface area contributed by atoms with E-state index in [1.165, 1.54) is 11.3 Å². The number of thiazole rings is 1. The highest BCUT2D eigenvalue weighted by Gasteiger charge is 1.95. The first kappa shape index (κ1) is 12.6. The maximum Gasteiger partial charge on any atom is 0.203 e. The van der Waals surface area contributed by atoms with Crippen LogP contribution in [0, 0.1) is 12.3 Å². The first-order chi connectivity index (χ1) is 7.27. The summed E-state index contributed by atoms with van der Waals surface area (Å²) in [4.78, 5) is 4.41. The highest BCUT2D eigenvalue weighted by Crippen LogP contribution is 1.99. The molecule has 2 aromatic heterocycles. The third kappa shape index (κ3) is 2.77. The monoisotopic (exact) mass is 254 g/mol. The number of hydrogen-bond acceptors (Lipinski definition) is 4. The van der Waals surface area contributed by atoms with Crippen molar-refractivity contribution in [2.24, 2.45) is 5.10 Å². The third-order valence-electron chi connectivity index (χ3n) is 1.87. The predicted octanol–water partition coefficient (Wildman–Crippen LogP) is 2.04. The number of aryl methyl sites for hydroxylation is 1. The molecule has 0 aliphatic rings. The molecule has 0 saturated heterocycles. The lowest BCUT2D eigenvalue weighted by molar-refractivity contribution is 0.797. The van der Waals surface area contributed by atoms with Gasteiger partial charge in [-0.15, -0.1) is 23.7 Å². The third-order valence-corrected chi connectivity index (χ3v) is 2.73. The van der Waals surface area contributed by atoms with E-state index in [9.17, 15) is 0 Å². The maximum absolute atomic E-state index is 7.61. The molecule has 0 fully saturated rings. The highest BCUT2D eigenvalue weighted by molar-refractivity contribution is 7.07. The van der Waals surface area contributed by atoms with Crippen molar-refractivity contribution in [2.45, 2.75) is 6.92 Å². The zero-order chi connectivity index (χ0) is 10.7. The quantitative estimate of drug-likeness (QED) is 0.820. The number of rotatable bonds is 2. The smallest absolute Gasteiger partial charge is 0.203 e. The summed E-state index contributed by atoms with van der Waals surface area (Å²) >= 11 is 1.37. The standard InChI is InChI=1S/C10H10N4S.ClH/c1-8-7-15-10(11)14(8)13-6-9-3-2-4-12-5-9;/h2-7,11H,1H3;1H/b11-10?,13-6+;. The van der Waals surface area contributed by atoms with Crippen LogP contribution in [-0.4, -0.2) is 15.9 Å². The molecule has 84 valence electrons. The van der Waals surface area contributed by atoms with Crippen molar-refractivity contribution in [1.29, 1.82) is 5.41 Å². The Morgan fingerprint density at radius 1 is 1.56 bits per heavy atom. The average Bonchev–Trinajstić information content (AvgIpc) is 2.58. The topological polar surface area (TPSA) is 54.0 Å². The normalized spacial score (nSPS) is 10.3. The van der Waals surface area contributed by atoms with Crippen LogP contribution >= 0.6 is 23.7 Å². The summed E-state index contributed by atoms with van der Waals surface area (Å²) in [5.41, 5.74) is 1.89. The molecule has 0 amide bonds. The molecule has 0 radical (unpaired) electrons. The van der Waals surface area contributed by atoms with Crippen LogP contribution in [0.5, 0.6) is 0 Å². The zero-order valence-corrected chi connectivity index (χ0v) is 10.3. The van der Waals surface area contributed by atoms with Crippen LogP contribution in [0.15, 0.2) is 35.0 Å². The van der Waals surface area contributed by atoms with Gasteiger partial charge in [0.1, 0.15) is 0 Å². The Kier molecular flexibility index (Phi) is 4.39. The molecule has 16 heavy (non-hydrogen) atoms. The molecule has 2 rings (SSSR count). The van der Waals surface area contributed by atoms with Gasteiger partial charge in [-0.05, 0) is 13.0 Å². The number of halogens is 1. The molecule has 0 bridgehead atoms. The fourth-order valence-electron chi connectivity index (χ4n) is 1.12. The zero-order valence-electron chi connectivity index (χ0n) is 8.62. The van der Waals surface area contributed by atoms with Gasteiger partial charge in [0.2, 0.25) is 4.80 Å². The van der Waals surface area contributed by atoms with Crippen LogP contribution in [-0.2, 0) is 0 Å². The summed E-state index contributed by atoms with van der Waals surface area (Å²) in [5.74, 6) is 0. The molecule has 2 heterocycles. The first-order valence-corrected chi connectivity index (χ1v) is 5.31. The van der Waals surface area contributed by atoms with Crippen LogP contribution in [0.3, 0.4) is 0 Å². The molecular formula is C10H11ClN4S. The second kappa shape index (κ2) is 5.58. The number of aromatic nitrogens is 2. The van der Waals surface area contributed by atoms with E-state index in [4.69, 9.17) is 5.41 Å². The van der Waals surface area contributed by atoms with Crippen LogP contribution in [0.4, 0.5) is 0 Å². The van der Waals surface area contributed by atoms with Gasteiger partial charge >= 0.3 is 0 Å². The van der Waals surface area contributed by atoms with Gasteiger partial charge in [-0.3, -0.25) is 10.4 Å². The van der Waals surface area contributed by atoms with E-state index < -0.39 is 0 Å². The Morgan fingerprint density at radius 2 is 2.38 bits per heavy atom. The van der Waals surface area contributed by atoms with E-state index in [-0.39, 0.29) is 12.4 Å². The molecule has 0 unspecified atom stereocenters. The molecule has 4 nitrogen and oxygen atoms in total. The largest absolute Gasteiger partial charge is 0.274 e. The van der Waals surface area contributed by atoms with Crippen LogP contribution in [0.2, 0.25) is 0 Å². The van der Waals surface area contributed by atoms with E-state index in [1.54, 1.807) is 23.3 Å². The fraction of sp³-hybridized carbons (Fsp3) is 0.100. The maximum atomic E-state index is 7.61. The van der Waals surface area contributed by atoms with Gasteiger partial charge in [-0.2, -0.15) is 5.10 Å². The number of hydrogen-bond donors (Lipinski definition) is 1. The molecule has 0 spiro atoms. The van der Waals surface area contributed by atoms with E-state index >= 15 is 0 Å². The van der Waals surface area contributed by atoms with E-state index in [0.717, 1.165) is 11.3 Å². The van der Waals surface area contributed by atoms with Gasteiger partial charge in [-0.25, -0.2) is 4.68 Å². The van der Waals surface area contributed by atoms with Crippen LogP contribution in [0.25, 0.3) is 0 Å². The van der Waals surface area contributed by atoms with Crippen LogP contribution < -0.4 is 4.80 Å². The minimum Gasteiger partial charge on any atom is -0.274 e. The summed E-state index contributed by atoms with van der Waals surface area (Å²) in [6.45, 7) is 1.93. The van der Waals surface area contributed by atoms with Gasteiger partial charge in [0.25, 0.3) is 0 Å². The van der Waals surface area contributed by atoms with Crippen molar-refractivity contribution in [3.05, 3.63) is 46.0 Å². The van der Waals surface area contributed by atoms with Crippen molar-refractivity contribution in [3.63, 3.8) is 0 Å². The van der Waals surface area contributed by atoms with Gasteiger partial charge in [-0.1, -0.05) is 6.07 Å². The SMILES string of the molecule is Cc1csc(=N)n1/N=C/c1cccnc1.Cl. The number of nitrogens with one attached hydrogen (secondary N) is 1. The summed E-state index contributed by atoms with van der Waals surface area (Å²) in [6, 6.07) is 3.77. The molecular weight excluding hydrogens is 244 g/mol. The van der Waals surface area contributed by atoms with Crippen LogP contribution in [0.1, 0.15) is 11.3 Å². The van der Waals surface area contributed by atoms with E-state index in [0.29, 0.717) is 4.80 Å². The van der Waals surface area contributed by atoms with Crippen molar-refractivity contribution in [3.8, 4) is 0 Å². The number of pyridine rings is 1. The summed E-state index contributed by atoms with van der Waals surface area (Å²) in [5, 5.41) is 13.7. The summed E-state index contributed by atoms with van der Waals surface area (Å²) in [6.07, 6.45) is 5.15. The Morgan fingerprint density at radius 3 is 2.94 bits per heavy atom.